The first-order valence-electron chi connectivity index (χ1n) is 6.07. The summed E-state index contributed by atoms with van der Waals surface area (Å²) in [7, 11) is 0. The van der Waals surface area contributed by atoms with Crippen molar-refractivity contribution in [3.8, 4) is 0 Å². The van der Waals surface area contributed by atoms with E-state index in [9.17, 15) is 0 Å². The highest BCUT2D eigenvalue weighted by Crippen LogP contribution is 2.30. The summed E-state index contributed by atoms with van der Waals surface area (Å²) >= 11 is 0. The van der Waals surface area contributed by atoms with Crippen molar-refractivity contribution in [1.82, 2.24) is 0 Å². The van der Waals surface area contributed by atoms with Gasteiger partial charge in [-0.3, -0.25) is 0 Å². The van der Waals surface area contributed by atoms with Crippen molar-refractivity contribution >= 4 is 0 Å². The fraction of sp³-hybridized carbons (Fsp3) is 1.00. The molecule has 1 aliphatic carbocycles. The Morgan fingerprint density at radius 3 is 2.31 bits per heavy atom. The zero-order valence-corrected chi connectivity index (χ0v) is 8.63. The van der Waals surface area contributed by atoms with Gasteiger partial charge in [0.1, 0.15) is 0 Å². The molecule has 2 fully saturated rings. The predicted octanol–water partition coefficient (Wildman–Crippen LogP) is 3.53. The van der Waals surface area contributed by atoms with Gasteiger partial charge in [-0.2, -0.15) is 0 Å². The summed E-state index contributed by atoms with van der Waals surface area (Å²) in [5.74, 6) is 0.997. The summed E-state index contributed by atoms with van der Waals surface area (Å²) in [4.78, 5) is 0. The molecule has 1 nitrogen and oxygen atoms in total. The first-order valence-corrected chi connectivity index (χ1v) is 6.07. The summed E-state index contributed by atoms with van der Waals surface area (Å²) in [6.07, 6.45) is 13.4. The van der Waals surface area contributed by atoms with E-state index in [1.165, 1.54) is 57.8 Å². The van der Waals surface area contributed by atoms with Crippen LogP contribution < -0.4 is 0 Å². The Morgan fingerprint density at radius 2 is 1.62 bits per heavy atom. The molecule has 0 aromatic carbocycles. The van der Waals surface area contributed by atoms with Crippen LogP contribution in [0.25, 0.3) is 0 Å². The van der Waals surface area contributed by atoms with E-state index >= 15 is 0 Å². The fourth-order valence-corrected chi connectivity index (χ4v) is 2.79. The van der Waals surface area contributed by atoms with Gasteiger partial charge in [0.05, 0.1) is 6.10 Å². The van der Waals surface area contributed by atoms with Gasteiger partial charge in [-0.15, -0.1) is 0 Å². The second-order valence-corrected chi connectivity index (χ2v) is 4.73. The van der Waals surface area contributed by atoms with Gasteiger partial charge in [-0.05, 0) is 31.6 Å². The molecule has 1 atom stereocenters. The molecule has 1 saturated heterocycles. The Kier molecular flexibility index (Phi) is 3.65. The summed E-state index contributed by atoms with van der Waals surface area (Å²) in [6, 6.07) is 0. The maximum Gasteiger partial charge on any atom is 0.0577 e. The second kappa shape index (κ2) is 4.99. The molecule has 0 amide bonds. The first-order chi connectivity index (χ1) is 6.45. The van der Waals surface area contributed by atoms with Gasteiger partial charge < -0.3 is 4.74 Å². The van der Waals surface area contributed by atoms with E-state index in [0.29, 0.717) is 6.10 Å². The highest BCUT2D eigenvalue weighted by Gasteiger charge is 2.20. The molecule has 1 aliphatic heterocycles. The number of hydrogen-bond donors (Lipinski definition) is 0. The molecule has 0 bridgehead atoms. The highest BCUT2D eigenvalue weighted by atomic mass is 16.5. The van der Waals surface area contributed by atoms with Crippen molar-refractivity contribution in [3.05, 3.63) is 0 Å². The minimum atomic E-state index is 0.622. The molecule has 0 N–H and O–H groups in total. The molecule has 1 saturated carbocycles. The van der Waals surface area contributed by atoms with Gasteiger partial charge in [0.15, 0.2) is 0 Å². The smallest absolute Gasteiger partial charge is 0.0577 e. The second-order valence-electron chi connectivity index (χ2n) is 4.73. The average Bonchev–Trinajstić information content (AvgIpc) is 2.21. The lowest BCUT2D eigenvalue weighted by Crippen LogP contribution is -2.23. The molecule has 1 heteroatoms. The Morgan fingerprint density at radius 1 is 0.846 bits per heavy atom. The summed E-state index contributed by atoms with van der Waals surface area (Å²) in [5, 5.41) is 0. The molecular weight excluding hydrogens is 160 g/mol. The molecule has 1 heterocycles. The van der Waals surface area contributed by atoms with Crippen LogP contribution in [0.3, 0.4) is 0 Å². The molecule has 76 valence electrons. The topological polar surface area (TPSA) is 9.23 Å². The van der Waals surface area contributed by atoms with Crippen molar-refractivity contribution < 1.29 is 4.74 Å². The molecule has 0 spiro atoms. The van der Waals surface area contributed by atoms with Gasteiger partial charge in [-0.25, -0.2) is 0 Å². The number of hydrogen-bond acceptors (Lipinski definition) is 1. The summed E-state index contributed by atoms with van der Waals surface area (Å²) < 4.78 is 5.78. The molecular formula is C12H22O. The maximum absolute atomic E-state index is 5.78. The van der Waals surface area contributed by atoms with E-state index in [1.807, 2.05) is 0 Å². The predicted molar refractivity (Wildman–Crippen MR) is 54.8 cm³/mol. The van der Waals surface area contributed by atoms with Crippen molar-refractivity contribution in [2.24, 2.45) is 5.92 Å². The average molecular weight is 182 g/mol. The maximum atomic E-state index is 5.78. The van der Waals surface area contributed by atoms with E-state index in [1.54, 1.807) is 0 Å². The SMILES string of the molecule is C1CCC(CC2CCCCO2)CC1. The van der Waals surface area contributed by atoms with E-state index in [4.69, 9.17) is 4.74 Å². The van der Waals surface area contributed by atoms with Crippen LogP contribution in [0.4, 0.5) is 0 Å². The molecule has 2 rings (SSSR count). The van der Waals surface area contributed by atoms with Gasteiger partial charge in [0.2, 0.25) is 0 Å². The van der Waals surface area contributed by atoms with Crippen LogP contribution in [-0.2, 0) is 4.74 Å². The standard InChI is InChI=1S/C12H22O/c1-2-6-11(7-3-1)10-12-8-4-5-9-13-12/h11-12H,1-10H2. The monoisotopic (exact) mass is 182 g/mol. The quantitative estimate of drug-likeness (QED) is 0.635. The molecule has 0 radical (unpaired) electrons. The van der Waals surface area contributed by atoms with E-state index < -0.39 is 0 Å². The summed E-state index contributed by atoms with van der Waals surface area (Å²) in [6.45, 7) is 1.03. The van der Waals surface area contributed by atoms with Gasteiger partial charge >= 0.3 is 0 Å². The van der Waals surface area contributed by atoms with Crippen LogP contribution >= 0.6 is 0 Å². The van der Waals surface area contributed by atoms with Crippen LogP contribution in [0, 0.1) is 5.92 Å². The Hall–Kier alpha value is -0.0400. The van der Waals surface area contributed by atoms with Crippen LogP contribution in [-0.4, -0.2) is 12.7 Å². The van der Waals surface area contributed by atoms with E-state index in [0.717, 1.165) is 12.5 Å². The highest BCUT2D eigenvalue weighted by molar-refractivity contribution is 4.72. The van der Waals surface area contributed by atoms with Crippen molar-refractivity contribution in [2.45, 2.75) is 63.9 Å². The zero-order chi connectivity index (χ0) is 8.93. The summed E-state index contributed by atoms with van der Waals surface area (Å²) in [5.41, 5.74) is 0. The first kappa shape index (κ1) is 9.51. The van der Waals surface area contributed by atoms with Crippen LogP contribution in [0.2, 0.25) is 0 Å². The Balaban J connectivity index is 1.69. The third kappa shape index (κ3) is 2.98. The Labute approximate surface area is 81.9 Å². The molecule has 0 aromatic heterocycles. The van der Waals surface area contributed by atoms with Crippen molar-refractivity contribution in [3.63, 3.8) is 0 Å². The third-order valence-corrected chi connectivity index (χ3v) is 3.59. The van der Waals surface area contributed by atoms with Gasteiger partial charge in [-0.1, -0.05) is 32.1 Å². The zero-order valence-electron chi connectivity index (χ0n) is 8.63. The van der Waals surface area contributed by atoms with Crippen LogP contribution in [0.5, 0.6) is 0 Å². The normalized spacial score (nSPS) is 31.8. The van der Waals surface area contributed by atoms with Crippen molar-refractivity contribution in [2.75, 3.05) is 6.61 Å². The van der Waals surface area contributed by atoms with E-state index in [2.05, 4.69) is 0 Å². The van der Waals surface area contributed by atoms with Crippen molar-refractivity contribution in [1.29, 1.82) is 0 Å². The fourth-order valence-electron chi connectivity index (χ4n) is 2.79. The molecule has 1 unspecified atom stereocenters. The molecule has 2 aliphatic rings. The van der Waals surface area contributed by atoms with Crippen LogP contribution in [0.1, 0.15) is 57.8 Å². The number of ether oxygens (including phenoxy) is 1. The van der Waals surface area contributed by atoms with Gasteiger partial charge in [0, 0.05) is 6.61 Å². The lowest BCUT2D eigenvalue weighted by molar-refractivity contribution is -0.00169. The Bertz CT molecular complexity index is 116. The third-order valence-electron chi connectivity index (χ3n) is 3.59. The lowest BCUT2D eigenvalue weighted by atomic mass is 9.84. The number of rotatable bonds is 2. The minimum Gasteiger partial charge on any atom is -0.378 e. The molecule has 13 heavy (non-hydrogen) atoms. The van der Waals surface area contributed by atoms with Gasteiger partial charge in [0.25, 0.3) is 0 Å². The minimum absolute atomic E-state index is 0.622. The van der Waals surface area contributed by atoms with E-state index in [-0.39, 0.29) is 0 Å². The largest absolute Gasteiger partial charge is 0.378 e. The lowest BCUT2D eigenvalue weighted by Gasteiger charge is -2.28. The van der Waals surface area contributed by atoms with Crippen LogP contribution in [0.15, 0.2) is 0 Å². The molecule has 0 aromatic rings.